The van der Waals surface area contributed by atoms with Crippen molar-refractivity contribution in [2.75, 3.05) is 11.9 Å². The van der Waals surface area contributed by atoms with Gasteiger partial charge >= 0.3 is 0 Å². The number of hydrogen-bond donors (Lipinski definition) is 1. The first-order chi connectivity index (χ1) is 12.2. The Morgan fingerprint density at radius 1 is 0.960 bits per heavy atom. The third-order valence-electron chi connectivity index (χ3n) is 4.35. The van der Waals surface area contributed by atoms with Crippen LogP contribution in [-0.4, -0.2) is 22.0 Å². The molecule has 4 aromatic rings. The van der Waals surface area contributed by atoms with E-state index in [9.17, 15) is 0 Å². The van der Waals surface area contributed by atoms with Crippen molar-refractivity contribution < 1.29 is 0 Å². The monoisotopic (exact) mass is 328 g/mol. The SMILES string of the molecule is Cc1cccc(CN(C)c2ncnc3[nH]c(-c4ccccc4)cc23)c1. The van der Waals surface area contributed by atoms with Gasteiger partial charge in [-0.3, -0.25) is 0 Å². The van der Waals surface area contributed by atoms with Gasteiger partial charge in [-0.15, -0.1) is 0 Å². The van der Waals surface area contributed by atoms with Gasteiger partial charge in [-0.25, -0.2) is 9.97 Å². The third-order valence-corrected chi connectivity index (χ3v) is 4.35. The number of rotatable bonds is 4. The molecule has 0 aliphatic heterocycles. The molecule has 2 heterocycles. The number of benzene rings is 2. The van der Waals surface area contributed by atoms with Crippen LogP contribution in [0, 0.1) is 6.92 Å². The zero-order chi connectivity index (χ0) is 17.2. The van der Waals surface area contributed by atoms with Gasteiger partial charge in [-0.2, -0.15) is 0 Å². The van der Waals surface area contributed by atoms with Crippen LogP contribution in [0.15, 0.2) is 67.0 Å². The van der Waals surface area contributed by atoms with Crippen LogP contribution in [0.2, 0.25) is 0 Å². The highest BCUT2D eigenvalue weighted by atomic mass is 15.2. The lowest BCUT2D eigenvalue weighted by Gasteiger charge is -2.19. The molecule has 0 aliphatic rings. The highest BCUT2D eigenvalue weighted by Crippen LogP contribution is 2.28. The van der Waals surface area contributed by atoms with Gasteiger partial charge in [0, 0.05) is 19.3 Å². The molecular weight excluding hydrogens is 308 g/mol. The summed E-state index contributed by atoms with van der Waals surface area (Å²) in [6, 6.07) is 21.0. The van der Waals surface area contributed by atoms with E-state index in [1.807, 2.05) is 18.2 Å². The Morgan fingerprint density at radius 3 is 2.60 bits per heavy atom. The van der Waals surface area contributed by atoms with E-state index >= 15 is 0 Å². The van der Waals surface area contributed by atoms with Crippen molar-refractivity contribution in [2.24, 2.45) is 0 Å². The molecule has 0 spiro atoms. The van der Waals surface area contributed by atoms with Gasteiger partial charge in [0.2, 0.25) is 0 Å². The molecule has 2 aromatic heterocycles. The second-order valence-corrected chi connectivity index (χ2v) is 6.35. The largest absolute Gasteiger partial charge is 0.355 e. The van der Waals surface area contributed by atoms with Crippen LogP contribution in [0.3, 0.4) is 0 Å². The van der Waals surface area contributed by atoms with Crippen molar-refractivity contribution >= 4 is 16.9 Å². The second kappa shape index (κ2) is 6.40. The normalized spacial score (nSPS) is 11.0. The minimum atomic E-state index is 0.805. The lowest BCUT2D eigenvalue weighted by Crippen LogP contribution is -2.18. The summed E-state index contributed by atoms with van der Waals surface area (Å²) >= 11 is 0. The Hall–Kier alpha value is -3.14. The Bertz CT molecular complexity index is 1000. The summed E-state index contributed by atoms with van der Waals surface area (Å²) in [6.45, 7) is 2.92. The zero-order valence-electron chi connectivity index (χ0n) is 14.4. The van der Waals surface area contributed by atoms with Crippen molar-refractivity contribution in [3.05, 3.63) is 78.1 Å². The number of aromatic amines is 1. The molecule has 0 atom stereocenters. The molecule has 25 heavy (non-hydrogen) atoms. The number of nitrogens with zero attached hydrogens (tertiary/aromatic N) is 3. The van der Waals surface area contributed by atoms with Gasteiger partial charge in [0.05, 0.1) is 5.39 Å². The first-order valence-electron chi connectivity index (χ1n) is 8.36. The maximum absolute atomic E-state index is 4.53. The van der Waals surface area contributed by atoms with Gasteiger partial charge in [0.1, 0.15) is 17.8 Å². The molecule has 0 bridgehead atoms. The predicted octanol–water partition coefficient (Wildman–Crippen LogP) is 4.57. The molecule has 0 saturated carbocycles. The summed E-state index contributed by atoms with van der Waals surface area (Å²) in [6.07, 6.45) is 1.62. The maximum Gasteiger partial charge on any atom is 0.143 e. The number of aromatic nitrogens is 3. The van der Waals surface area contributed by atoms with E-state index in [0.717, 1.165) is 34.7 Å². The Labute approximate surface area is 147 Å². The summed E-state index contributed by atoms with van der Waals surface area (Å²) in [4.78, 5) is 14.5. The highest BCUT2D eigenvalue weighted by molar-refractivity contribution is 5.91. The molecule has 0 radical (unpaired) electrons. The van der Waals surface area contributed by atoms with Crippen LogP contribution in [0.25, 0.3) is 22.3 Å². The van der Waals surface area contributed by atoms with E-state index in [1.54, 1.807) is 6.33 Å². The van der Waals surface area contributed by atoms with Gasteiger partial charge in [-0.1, -0.05) is 60.2 Å². The maximum atomic E-state index is 4.53. The molecule has 4 rings (SSSR count). The van der Waals surface area contributed by atoms with Crippen LogP contribution >= 0.6 is 0 Å². The topological polar surface area (TPSA) is 44.8 Å². The first-order valence-corrected chi connectivity index (χ1v) is 8.36. The fourth-order valence-electron chi connectivity index (χ4n) is 3.16. The fourth-order valence-corrected chi connectivity index (χ4v) is 3.16. The molecule has 1 N–H and O–H groups in total. The van der Waals surface area contributed by atoms with Crippen LogP contribution in [0.4, 0.5) is 5.82 Å². The zero-order valence-corrected chi connectivity index (χ0v) is 14.4. The number of aryl methyl sites for hydroxylation is 1. The number of H-pyrrole nitrogens is 1. The molecule has 2 aromatic carbocycles. The molecule has 0 fully saturated rings. The van der Waals surface area contributed by atoms with Gasteiger partial charge in [0.25, 0.3) is 0 Å². The van der Waals surface area contributed by atoms with E-state index in [1.165, 1.54) is 11.1 Å². The van der Waals surface area contributed by atoms with E-state index < -0.39 is 0 Å². The lowest BCUT2D eigenvalue weighted by molar-refractivity contribution is 0.899. The Balaban J connectivity index is 1.71. The van der Waals surface area contributed by atoms with Crippen molar-refractivity contribution in [3.8, 4) is 11.3 Å². The standard InChI is InChI=1S/C21H20N4/c1-15-7-6-8-16(11-15)13-25(2)21-18-12-19(17-9-4-3-5-10-17)24-20(18)22-14-23-21/h3-12,14H,13H2,1-2H3,(H,22,23,24). The van der Waals surface area contributed by atoms with Crippen LogP contribution < -0.4 is 4.90 Å². The van der Waals surface area contributed by atoms with Crippen molar-refractivity contribution in [1.29, 1.82) is 0 Å². The summed E-state index contributed by atoms with van der Waals surface area (Å²) in [5.41, 5.74) is 5.61. The number of fused-ring (bicyclic) bond motifs is 1. The minimum Gasteiger partial charge on any atom is -0.355 e. The molecular formula is C21H20N4. The molecule has 0 unspecified atom stereocenters. The van der Waals surface area contributed by atoms with Gasteiger partial charge in [-0.05, 0) is 24.1 Å². The van der Waals surface area contributed by atoms with Crippen LogP contribution in [0.1, 0.15) is 11.1 Å². The van der Waals surface area contributed by atoms with E-state index in [2.05, 4.69) is 76.3 Å². The first kappa shape index (κ1) is 15.4. The van der Waals surface area contributed by atoms with Crippen molar-refractivity contribution in [1.82, 2.24) is 15.0 Å². The summed E-state index contributed by atoms with van der Waals surface area (Å²) in [5.74, 6) is 0.935. The van der Waals surface area contributed by atoms with Crippen molar-refractivity contribution in [2.45, 2.75) is 13.5 Å². The summed E-state index contributed by atoms with van der Waals surface area (Å²) < 4.78 is 0. The Kier molecular flexibility index (Phi) is 3.94. The highest BCUT2D eigenvalue weighted by Gasteiger charge is 2.13. The summed E-state index contributed by atoms with van der Waals surface area (Å²) in [5, 5.41) is 1.04. The Morgan fingerprint density at radius 2 is 1.80 bits per heavy atom. The van der Waals surface area contributed by atoms with Gasteiger partial charge in [0.15, 0.2) is 0 Å². The van der Waals surface area contributed by atoms with E-state index in [0.29, 0.717) is 0 Å². The predicted molar refractivity (Wildman–Crippen MR) is 103 cm³/mol. The number of hydrogen-bond acceptors (Lipinski definition) is 3. The van der Waals surface area contributed by atoms with Gasteiger partial charge < -0.3 is 9.88 Å². The molecule has 0 saturated heterocycles. The van der Waals surface area contributed by atoms with E-state index in [4.69, 9.17) is 0 Å². The molecule has 0 aliphatic carbocycles. The van der Waals surface area contributed by atoms with Crippen LogP contribution in [-0.2, 0) is 6.54 Å². The van der Waals surface area contributed by atoms with E-state index in [-0.39, 0.29) is 0 Å². The fraction of sp³-hybridized carbons (Fsp3) is 0.143. The average Bonchev–Trinajstić information content (AvgIpc) is 3.06. The summed E-state index contributed by atoms with van der Waals surface area (Å²) in [7, 11) is 2.07. The van der Waals surface area contributed by atoms with Crippen molar-refractivity contribution in [3.63, 3.8) is 0 Å². The second-order valence-electron chi connectivity index (χ2n) is 6.35. The molecule has 0 amide bonds. The molecule has 4 nitrogen and oxygen atoms in total. The smallest absolute Gasteiger partial charge is 0.143 e. The molecule has 124 valence electrons. The molecule has 4 heteroatoms. The number of anilines is 1. The quantitative estimate of drug-likeness (QED) is 0.597. The minimum absolute atomic E-state index is 0.805. The van der Waals surface area contributed by atoms with Crippen LogP contribution in [0.5, 0.6) is 0 Å². The third kappa shape index (κ3) is 3.11. The lowest BCUT2D eigenvalue weighted by atomic mass is 10.1. The average molecular weight is 328 g/mol. The number of nitrogens with one attached hydrogen (secondary N) is 1.